The van der Waals surface area contributed by atoms with Crippen molar-refractivity contribution in [1.29, 1.82) is 0 Å². The van der Waals surface area contributed by atoms with Crippen LogP contribution in [-0.4, -0.2) is 40.8 Å². The molecule has 2 aromatic carbocycles. The minimum atomic E-state index is -1.07. The quantitative estimate of drug-likeness (QED) is 0.823. The van der Waals surface area contributed by atoms with Gasteiger partial charge in [0.1, 0.15) is 17.7 Å². The molecule has 156 valence electrons. The summed E-state index contributed by atoms with van der Waals surface area (Å²) in [5, 5.41) is 9.75. The summed E-state index contributed by atoms with van der Waals surface area (Å²) < 4.78 is 5.57. The number of anilines is 2. The van der Waals surface area contributed by atoms with Crippen LogP contribution in [0.1, 0.15) is 31.9 Å². The molecule has 2 atom stereocenters. The lowest BCUT2D eigenvalue weighted by Gasteiger charge is -2.32. The number of benzene rings is 2. The molecule has 2 aliphatic heterocycles. The molecule has 7 nitrogen and oxygen atoms in total. The van der Waals surface area contributed by atoms with Crippen LogP contribution in [0.25, 0.3) is 0 Å². The van der Waals surface area contributed by atoms with Gasteiger partial charge in [-0.15, -0.1) is 0 Å². The Balaban J connectivity index is 1.73. The summed E-state index contributed by atoms with van der Waals surface area (Å²) in [6.45, 7) is 5.29. The number of aliphatic carboxylic acids is 1. The number of para-hydroxylation sites is 2. The van der Waals surface area contributed by atoms with Crippen molar-refractivity contribution in [1.82, 2.24) is 0 Å². The van der Waals surface area contributed by atoms with Crippen LogP contribution >= 0.6 is 0 Å². The standard InChI is InChI=1S/C23H24N2O5/c1-23(2,3)30-22(29)25-17-11-7-5-8-14(17)12-18(25)20(26)24-16-10-6-4-9-15(16)13-19(24)21(27)28/h4-11,18-19H,12-13H2,1-3H3,(H,27,28)/t18-,19+/m1/s1. The summed E-state index contributed by atoms with van der Waals surface area (Å²) >= 11 is 0. The van der Waals surface area contributed by atoms with Crippen LogP contribution in [-0.2, 0) is 27.2 Å². The van der Waals surface area contributed by atoms with Gasteiger partial charge in [-0.1, -0.05) is 36.4 Å². The zero-order valence-electron chi connectivity index (χ0n) is 17.2. The lowest BCUT2D eigenvalue weighted by atomic mass is 10.1. The fourth-order valence-corrected chi connectivity index (χ4v) is 4.14. The van der Waals surface area contributed by atoms with Crippen LogP contribution in [0.3, 0.4) is 0 Å². The highest BCUT2D eigenvalue weighted by molar-refractivity contribution is 6.10. The van der Waals surface area contributed by atoms with E-state index in [4.69, 9.17) is 4.74 Å². The molecule has 0 saturated carbocycles. The number of hydrogen-bond donors (Lipinski definition) is 1. The molecular formula is C23H24N2O5. The van der Waals surface area contributed by atoms with Gasteiger partial charge in [-0.2, -0.15) is 0 Å². The van der Waals surface area contributed by atoms with E-state index < -0.39 is 35.7 Å². The molecule has 4 rings (SSSR count). The van der Waals surface area contributed by atoms with E-state index in [2.05, 4.69) is 0 Å². The van der Waals surface area contributed by atoms with E-state index in [9.17, 15) is 19.5 Å². The fourth-order valence-electron chi connectivity index (χ4n) is 4.14. The second kappa shape index (κ2) is 7.16. The Hall–Kier alpha value is -3.35. The molecule has 0 unspecified atom stereocenters. The smallest absolute Gasteiger partial charge is 0.415 e. The number of hydrogen-bond acceptors (Lipinski definition) is 4. The van der Waals surface area contributed by atoms with Gasteiger partial charge in [0.2, 0.25) is 0 Å². The lowest BCUT2D eigenvalue weighted by Crippen LogP contribution is -2.54. The lowest BCUT2D eigenvalue weighted by molar-refractivity contribution is -0.140. The van der Waals surface area contributed by atoms with Crippen LogP contribution in [0.4, 0.5) is 16.2 Å². The number of rotatable bonds is 2. The summed E-state index contributed by atoms with van der Waals surface area (Å²) in [5.41, 5.74) is 2.12. The maximum Gasteiger partial charge on any atom is 0.415 e. The average molecular weight is 408 g/mol. The van der Waals surface area contributed by atoms with Crippen molar-refractivity contribution in [3.05, 3.63) is 59.7 Å². The first-order valence-electron chi connectivity index (χ1n) is 9.91. The molecule has 0 aliphatic carbocycles. The number of fused-ring (bicyclic) bond motifs is 2. The molecule has 2 amide bonds. The molecule has 2 heterocycles. The number of carbonyl (C=O) groups is 3. The van der Waals surface area contributed by atoms with Gasteiger partial charge in [-0.05, 0) is 44.0 Å². The van der Waals surface area contributed by atoms with Crippen LogP contribution in [0, 0.1) is 0 Å². The van der Waals surface area contributed by atoms with E-state index >= 15 is 0 Å². The SMILES string of the molecule is CC(C)(C)OC(=O)N1c2ccccc2C[C@@H]1C(=O)N1c2ccccc2C[C@H]1C(=O)O. The van der Waals surface area contributed by atoms with Gasteiger partial charge >= 0.3 is 12.1 Å². The van der Waals surface area contributed by atoms with Crippen molar-refractivity contribution in [2.45, 2.75) is 51.3 Å². The van der Waals surface area contributed by atoms with Gasteiger partial charge in [0.05, 0.1) is 5.69 Å². The van der Waals surface area contributed by atoms with E-state index in [0.29, 0.717) is 17.8 Å². The maximum atomic E-state index is 13.7. The van der Waals surface area contributed by atoms with E-state index in [-0.39, 0.29) is 6.42 Å². The van der Waals surface area contributed by atoms with E-state index in [1.54, 1.807) is 45.0 Å². The number of ether oxygens (including phenoxy) is 1. The molecule has 0 bridgehead atoms. The summed E-state index contributed by atoms with van der Waals surface area (Å²) in [5.74, 6) is -1.49. The molecule has 7 heteroatoms. The maximum absolute atomic E-state index is 13.7. The molecule has 30 heavy (non-hydrogen) atoms. The highest BCUT2D eigenvalue weighted by Gasteiger charge is 2.47. The first-order chi connectivity index (χ1) is 14.2. The van der Waals surface area contributed by atoms with Crippen LogP contribution in [0.2, 0.25) is 0 Å². The predicted octanol–water partition coefficient (Wildman–Crippen LogP) is 3.40. The Kier molecular flexibility index (Phi) is 4.76. The third-order valence-corrected chi connectivity index (χ3v) is 5.35. The molecule has 2 aliphatic rings. The number of carbonyl (C=O) groups excluding carboxylic acids is 2. The Morgan fingerprint density at radius 3 is 1.90 bits per heavy atom. The van der Waals surface area contributed by atoms with Gasteiger partial charge in [0.25, 0.3) is 5.91 Å². The second-order valence-corrected chi connectivity index (χ2v) is 8.59. The van der Waals surface area contributed by atoms with Crippen molar-refractivity contribution in [2.75, 3.05) is 9.80 Å². The Morgan fingerprint density at radius 2 is 1.37 bits per heavy atom. The molecule has 0 saturated heterocycles. The number of amides is 2. The Morgan fingerprint density at radius 1 is 0.867 bits per heavy atom. The predicted molar refractivity (Wildman–Crippen MR) is 112 cm³/mol. The van der Waals surface area contributed by atoms with Crippen molar-refractivity contribution >= 4 is 29.3 Å². The van der Waals surface area contributed by atoms with Gasteiger partial charge in [-0.25, -0.2) is 9.59 Å². The first-order valence-corrected chi connectivity index (χ1v) is 9.91. The topological polar surface area (TPSA) is 87.2 Å². The number of carboxylic acids is 1. The normalized spacial score (nSPS) is 20.0. The van der Waals surface area contributed by atoms with Crippen molar-refractivity contribution < 1.29 is 24.2 Å². The molecule has 2 aromatic rings. The van der Waals surface area contributed by atoms with Gasteiger partial charge in [0.15, 0.2) is 0 Å². The minimum absolute atomic E-state index is 0.239. The zero-order chi connectivity index (χ0) is 21.6. The largest absolute Gasteiger partial charge is 0.480 e. The highest BCUT2D eigenvalue weighted by Crippen LogP contribution is 2.38. The van der Waals surface area contributed by atoms with E-state index in [1.807, 2.05) is 24.3 Å². The van der Waals surface area contributed by atoms with Crippen molar-refractivity contribution in [2.24, 2.45) is 0 Å². The van der Waals surface area contributed by atoms with Crippen LogP contribution in [0.5, 0.6) is 0 Å². The molecule has 0 fully saturated rings. The van der Waals surface area contributed by atoms with Crippen LogP contribution in [0.15, 0.2) is 48.5 Å². The zero-order valence-corrected chi connectivity index (χ0v) is 17.2. The highest BCUT2D eigenvalue weighted by atomic mass is 16.6. The number of carboxylic acid groups (broad SMARTS) is 1. The Labute approximate surface area is 174 Å². The molecule has 1 N–H and O–H groups in total. The Bertz CT molecular complexity index is 1030. The second-order valence-electron chi connectivity index (χ2n) is 8.59. The van der Waals surface area contributed by atoms with Crippen molar-refractivity contribution in [3.63, 3.8) is 0 Å². The van der Waals surface area contributed by atoms with Crippen LogP contribution < -0.4 is 9.80 Å². The van der Waals surface area contributed by atoms with Gasteiger partial charge in [0, 0.05) is 18.5 Å². The average Bonchev–Trinajstić information content (AvgIpc) is 3.25. The molecule has 0 aromatic heterocycles. The monoisotopic (exact) mass is 408 g/mol. The number of nitrogens with zero attached hydrogens (tertiary/aromatic N) is 2. The molecule has 0 radical (unpaired) electrons. The third kappa shape index (κ3) is 3.40. The van der Waals surface area contributed by atoms with Crippen molar-refractivity contribution in [3.8, 4) is 0 Å². The van der Waals surface area contributed by atoms with Gasteiger partial charge < -0.3 is 9.84 Å². The third-order valence-electron chi connectivity index (χ3n) is 5.35. The molecular weight excluding hydrogens is 384 g/mol. The summed E-state index contributed by atoms with van der Waals surface area (Å²) in [6.07, 6.45) is -0.0760. The first kappa shape index (κ1) is 19.9. The van der Waals surface area contributed by atoms with E-state index in [0.717, 1.165) is 11.1 Å². The molecule has 0 spiro atoms. The minimum Gasteiger partial charge on any atom is -0.480 e. The summed E-state index contributed by atoms with van der Waals surface area (Å²) in [6, 6.07) is 12.6. The van der Waals surface area contributed by atoms with Gasteiger partial charge in [-0.3, -0.25) is 14.6 Å². The van der Waals surface area contributed by atoms with E-state index in [1.165, 1.54) is 9.80 Å². The fraction of sp³-hybridized carbons (Fsp3) is 0.348. The summed E-state index contributed by atoms with van der Waals surface area (Å²) in [7, 11) is 0. The summed E-state index contributed by atoms with van der Waals surface area (Å²) in [4.78, 5) is 41.3.